The SMILES string of the molecule is COc1ccc(CCN(C)CBr)cc1Br. The number of hydrogen-bond acceptors (Lipinski definition) is 2. The number of hydrogen-bond donors (Lipinski definition) is 0. The minimum atomic E-state index is 0.882. The molecule has 0 saturated carbocycles. The van der Waals surface area contributed by atoms with Gasteiger partial charge in [0.2, 0.25) is 0 Å². The van der Waals surface area contributed by atoms with Gasteiger partial charge in [-0.2, -0.15) is 0 Å². The molecule has 0 unspecified atom stereocenters. The Hall–Kier alpha value is -0.0600. The summed E-state index contributed by atoms with van der Waals surface area (Å²) in [6.45, 7) is 1.05. The summed E-state index contributed by atoms with van der Waals surface area (Å²) in [7, 11) is 3.77. The van der Waals surface area contributed by atoms with Crippen LogP contribution in [0.4, 0.5) is 0 Å². The highest BCUT2D eigenvalue weighted by Gasteiger charge is 2.02. The van der Waals surface area contributed by atoms with Crippen molar-refractivity contribution in [2.24, 2.45) is 0 Å². The van der Waals surface area contributed by atoms with Crippen LogP contribution in [0.25, 0.3) is 0 Å². The molecular formula is C11H15Br2NO. The molecule has 0 radical (unpaired) electrons. The van der Waals surface area contributed by atoms with Gasteiger partial charge in [0.05, 0.1) is 17.0 Å². The average molecular weight is 337 g/mol. The van der Waals surface area contributed by atoms with Crippen LogP contribution < -0.4 is 4.74 Å². The van der Waals surface area contributed by atoms with Crippen molar-refractivity contribution in [1.29, 1.82) is 0 Å². The molecule has 0 bridgehead atoms. The first-order valence-electron chi connectivity index (χ1n) is 4.74. The predicted octanol–water partition coefficient (Wildman–Crippen LogP) is 3.28. The maximum atomic E-state index is 5.18. The van der Waals surface area contributed by atoms with Gasteiger partial charge in [-0.25, -0.2) is 0 Å². The number of nitrogens with zero attached hydrogens (tertiary/aromatic N) is 1. The average Bonchev–Trinajstić information content (AvgIpc) is 2.26. The lowest BCUT2D eigenvalue weighted by atomic mass is 10.1. The van der Waals surface area contributed by atoms with Gasteiger partial charge in [0.25, 0.3) is 0 Å². The monoisotopic (exact) mass is 335 g/mol. The fourth-order valence-corrected chi connectivity index (χ4v) is 2.08. The van der Waals surface area contributed by atoms with Crippen molar-refractivity contribution in [2.45, 2.75) is 6.42 Å². The summed E-state index contributed by atoms with van der Waals surface area (Å²) in [5.74, 6) is 0.882. The van der Waals surface area contributed by atoms with Crippen LogP contribution in [0.2, 0.25) is 0 Å². The van der Waals surface area contributed by atoms with E-state index in [1.54, 1.807) is 7.11 Å². The van der Waals surface area contributed by atoms with Crippen LogP contribution >= 0.6 is 31.9 Å². The highest BCUT2D eigenvalue weighted by Crippen LogP contribution is 2.25. The normalized spacial score (nSPS) is 10.7. The molecule has 0 fully saturated rings. The maximum absolute atomic E-state index is 5.18. The Morgan fingerprint density at radius 3 is 2.67 bits per heavy atom. The van der Waals surface area contributed by atoms with Gasteiger partial charge in [0, 0.05) is 6.54 Å². The first-order chi connectivity index (χ1) is 7.17. The summed E-state index contributed by atoms with van der Waals surface area (Å²) >= 11 is 6.91. The Labute approximate surface area is 108 Å². The van der Waals surface area contributed by atoms with Crippen LogP contribution in [0, 0.1) is 0 Å². The molecule has 0 aliphatic rings. The van der Waals surface area contributed by atoms with Crippen molar-refractivity contribution in [2.75, 3.05) is 26.2 Å². The van der Waals surface area contributed by atoms with E-state index in [1.807, 2.05) is 6.07 Å². The van der Waals surface area contributed by atoms with Gasteiger partial charge in [-0.15, -0.1) is 0 Å². The molecule has 15 heavy (non-hydrogen) atoms. The Morgan fingerprint density at radius 1 is 1.40 bits per heavy atom. The van der Waals surface area contributed by atoms with Gasteiger partial charge < -0.3 is 4.74 Å². The summed E-state index contributed by atoms with van der Waals surface area (Å²) < 4.78 is 6.20. The molecule has 4 heteroatoms. The molecule has 0 spiro atoms. The van der Waals surface area contributed by atoms with Crippen molar-refractivity contribution in [3.8, 4) is 5.75 Å². The van der Waals surface area contributed by atoms with Gasteiger partial charge in [0.15, 0.2) is 0 Å². The van der Waals surface area contributed by atoms with E-state index in [2.05, 4.69) is 55.9 Å². The fourth-order valence-electron chi connectivity index (χ4n) is 1.25. The zero-order chi connectivity index (χ0) is 11.3. The van der Waals surface area contributed by atoms with Gasteiger partial charge in [-0.1, -0.05) is 22.0 Å². The van der Waals surface area contributed by atoms with Gasteiger partial charge in [-0.3, -0.25) is 4.90 Å². The first kappa shape index (κ1) is 13.0. The van der Waals surface area contributed by atoms with Gasteiger partial charge in [-0.05, 0) is 47.1 Å². The highest BCUT2D eigenvalue weighted by atomic mass is 79.9. The lowest BCUT2D eigenvalue weighted by Crippen LogP contribution is -2.18. The molecule has 1 rings (SSSR count). The third-order valence-corrected chi connectivity index (χ3v) is 3.68. The molecule has 0 amide bonds. The first-order valence-corrected chi connectivity index (χ1v) is 6.65. The standard InChI is InChI=1S/C11H15Br2NO/c1-14(8-12)6-5-9-3-4-11(15-2)10(13)7-9/h3-4,7H,5-6,8H2,1-2H3. The van der Waals surface area contributed by atoms with Crippen LogP contribution in [0.15, 0.2) is 22.7 Å². The second-order valence-electron chi connectivity index (χ2n) is 3.42. The molecule has 0 heterocycles. The van der Waals surface area contributed by atoms with Gasteiger partial charge in [0.1, 0.15) is 5.75 Å². The summed E-state index contributed by atoms with van der Waals surface area (Å²) in [5.41, 5.74) is 2.22. The highest BCUT2D eigenvalue weighted by molar-refractivity contribution is 9.10. The summed E-state index contributed by atoms with van der Waals surface area (Å²) in [6, 6.07) is 6.21. The number of alkyl halides is 1. The molecule has 1 aromatic rings. The van der Waals surface area contributed by atoms with Gasteiger partial charge >= 0.3 is 0 Å². The topological polar surface area (TPSA) is 12.5 Å². The van der Waals surface area contributed by atoms with E-state index in [-0.39, 0.29) is 0 Å². The number of benzene rings is 1. The van der Waals surface area contributed by atoms with E-state index in [1.165, 1.54) is 5.56 Å². The third kappa shape index (κ3) is 4.13. The summed E-state index contributed by atoms with van der Waals surface area (Å²) in [6.07, 6.45) is 1.05. The second-order valence-corrected chi connectivity index (χ2v) is 4.77. The van der Waals surface area contributed by atoms with Crippen LogP contribution in [-0.4, -0.2) is 31.1 Å². The predicted molar refractivity (Wildman–Crippen MR) is 70.8 cm³/mol. The zero-order valence-corrected chi connectivity index (χ0v) is 12.1. The Morgan fingerprint density at radius 2 is 2.13 bits per heavy atom. The van der Waals surface area contributed by atoms with Crippen molar-refractivity contribution in [3.05, 3.63) is 28.2 Å². The number of likely N-dealkylation sites (N-methyl/N-ethyl adjacent to an activating group) is 1. The molecule has 84 valence electrons. The molecule has 0 saturated heterocycles. The number of methoxy groups -OCH3 is 1. The number of rotatable bonds is 5. The van der Waals surface area contributed by atoms with Crippen LogP contribution in [-0.2, 0) is 6.42 Å². The molecule has 2 nitrogen and oxygen atoms in total. The smallest absolute Gasteiger partial charge is 0.133 e. The van der Waals surface area contributed by atoms with Crippen LogP contribution in [0.3, 0.4) is 0 Å². The van der Waals surface area contributed by atoms with Crippen LogP contribution in [0.1, 0.15) is 5.56 Å². The van der Waals surface area contributed by atoms with E-state index in [4.69, 9.17) is 4.74 Å². The zero-order valence-electron chi connectivity index (χ0n) is 8.96. The van der Waals surface area contributed by atoms with Crippen molar-refractivity contribution in [3.63, 3.8) is 0 Å². The molecule has 0 aromatic heterocycles. The Bertz CT molecular complexity index is 317. The van der Waals surface area contributed by atoms with Crippen molar-refractivity contribution >= 4 is 31.9 Å². The maximum Gasteiger partial charge on any atom is 0.133 e. The van der Waals surface area contributed by atoms with Crippen LogP contribution in [0.5, 0.6) is 5.75 Å². The van der Waals surface area contributed by atoms with Crippen molar-refractivity contribution < 1.29 is 4.74 Å². The molecule has 0 aliphatic carbocycles. The summed E-state index contributed by atoms with van der Waals surface area (Å²) in [5, 5.41) is 0. The van der Waals surface area contributed by atoms with E-state index >= 15 is 0 Å². The Kier molecular flexibility index (Phi) is 5.64. The largest absolute Gasteiger partial charge is 0.496 e. The van der Waals surface area contributed by atoms with Crippen molar-refractivity contribution in [1.82, 2.24) is 4.90 Å². The lowest BCUT2D eigenvalue weighted by molar-refractivity contribution is 0.400. The quantitative estimate of drug-likeness (QED) is 0.604. The molecule has 1 aromatic carbocycles. The molecule has 0 N–H and O–H groups in total. The third-order valence-electron chi connectivity index (χ3n) is 2.20. The Balaban J connectivity index is 2.59. The molecule has 0 aliphatic heterocycles. The number of halogens is 2. The molecule has 0 atom stereocenters. The van der Waals surface area contributed by atoms with E-state index in [0.717, 1.165) is 28.6 Å². The van der Waals surface area contributed by atoms with E-state index < -0.39 is 0 Å². The summed E-state index contributed by atoms with van der Waals surface area (Å²) in [4.78, 5) is 2.22. The second kappa shape index (κ2) is 6.51. The number of ether oxygens (including phenoxy) is 1. The van der Waals surface area contributed by atoms with E-state index in [0.29, 0.717) is 0 Å². The fraction of sp³-hybridized carbons (Fsp3) is 0.455. The lowest BCUT2D eigenvalue weighted by Gasteiger charge is -2.13. The van der Waals surface area contributed by atoms with E-state index in [9.17, 15) is 0 Å². The molecular weight excluding hydrogens is 322 g/mol. The minimum absolute atomic E-state index is 0.882. The minimum Gasteiger partial charge on any atom is -0.496 e.